The molecule has 0 amide bonds. The number of hydrogen-bond donors (Lipinski definition) is 1. The topological polar surface area (TPSA) is 69.2 Å². The highest BCUT2D eigenvalue weighted by atomic mass is 35.5. The van der Waals surface area contributed by atoms with Crippen molar-refractivity contribution in [2.45, 2.75) is 19.4 Å². The first kappa shape index (κ1) is 24.7. The van der Waals surface area contributed by atoms with Gasteiger partial charge in [0.15, 0.2) is 5.82 Å². The average molecular weight is 462 g/mol. The van der Waals surface area contributed by atoms with Gasteiger partial charge in [0.05, 0.1) is 24.0 Å². The molecule has 0 unspecified atom stereocenters. The van der Waals surface area contributed by atoms with E-state index in [-0.39, 0.29) is 24.8 Å². The van der Waals surface area contributed by atoms with E-state index >= 15 is 0 Å². The molecule has 0 atom stereocenters. The number of hydrogen-bond acceptors (Lipinski definition) is 5. The molecule has 0 saturated carbocycles. The van der Waals surface area contributed by atoms with Crippen molar-refractivity contribution in [3.05, 3.63) is 60.4 Å². The van der Waals surface area contributed by atoms with Crippen LogP contribution in [0.5, 0.6) is 0 Å². The summed E-state index contributed by atoms with van der Waals surface area (Å²) in [6, 6.07) is 16.7. The van der Waals surface area contributed by atoms with Crippen LogP contribution >= 0.6 is 24.8 Å². The third-order valence-electron chi connectivity index (χ3n) is 5.14. The van der Waals surface area contributed by atoms with Gasteiger partial charge < -0.3 is 19.9 Å². The Morgan fingerprint density at radius 2 is 1.84 bits per heavy atom. The maximum atomic E-state index is 6.09. The number of pyridine rings is 1. The van der Waals surface area contributed by atoms with Gasteiger partial charge in [-0.05, 0) is 36.6 Å². The molecule has 0 aliphatic rings. The lowest BCUT2D eigenvalue weighted by Gasteiger charge is -2.13. The van der Waals surface area contributed by atoms with Crippen LogP contribution in [-0.2, 0) is 17.7 Å². The van der Waals surface area contributed by atoms with Crippen molar-refractivity contribution in [3.8, 4) is 0 Å². The number of nitrogens with zero attached hydrogens (tertiary/aromatic N) is 4. The molecule has 2 aromatic heterocycles. The molecule has 6 nitrogen and oxygen atoms in total. The van der Waals surface area contributed by atoms with E-state index in [0.29, 0.717) is 12.4 Å². The van der Waals surface area contributed by atoms with Gasteiger partial charge in [-0.2, -0.15) is 0 Å². The number of fused-ring (bicyclic) bond motifs is 3. The predicted molar refractivity (Wildman–Crippen MR) is 134 cm³/mol. The van der Waals surface area contributed by atoms with Crippen molar-refractivity contribution < 1.29 is 4.74 Å². The van der Waals surface area contributed by atoms with Gasteiger partial charge >= 0.3 is 0 Å². The second-order valence-corrected chi connectivity index (χ2v) is 7.43. The van der Waals surface area contributed by atoms with Crippen LogP contribution in [0.4, 0.5) is 11.5 Å². The molecule has 0 bridgehead atoms. The Labute approximate surface area is 195 Å². The molecule has 166 valence electrons. The van der Waals surface area contributed by atoms with Crippen LogP contribution < -0.4 is 10.6 Å². The van der Waals surface area contributed by atoms with Gasteiger partial charge in [0.1, 0.15) is 5.52 Å². The van der Waals surface area contributed by atoms with Crippen molar-refractivity contribution in [1.82, 2.24) is 14.5 Å². The second kappa shape index (κ2) is 11.2. The highest BCUT2D eigenvalue weighted by Gasteiger charge is 2.11. The van der Waals surface area contributed by atoms with Gasteiger partial charge in [0.2, 0.25) is 0 Å². The van der Waals surface area contributed by atoms with E-state index < -0.39 is 0 Å². The molecule has 0 saturated heterocycles. The van der Waals surface area contributed by atoms with Gasteiger partial charge in [-0.1, -0.05) is 30.3 Å². The van der Waals surface area contributed by atoms with Crippen LogP contribution in [-0.4, -0.2) is 41.8 Å². The number of aromatic nitrogens is 3. The number of ether oxygens (including phenoxy) is 1. The third kappa shape index (κ3) is 5.58. The molecule has 0 aliphatic carbocycles. The number of benzene rings is 2. The Bertz CT molecular complexity index is 1130. The normalized spacial score (nSPS) is 10.6. The maximum absolute atomic E-state index is 6.09. The van der Waals surface area contributed by atoms with E-state index in [1.54, 1.807) is 0 Å². The Morgan fingerprint density at radius 1 is 1.03 bits per heavy atom. The van der Waals surface area contributed by atoms with Gasteiger partial charge in [0.25, 0.3) is 0 Å². The van der Waals surface area contributed by atoms with E-state index in [0.717, 1.165) is 47.9 Å². The number of nitrogens with two attached hydrogens (primary N) is 1. The first-order valence-electron chi connectivity index (χ1n) is 9.96. The zero-order valence-electron chi connectivity index (χ0n) is 17.8. The summed E-state index contributed by atoms with van der Waals surface area (Å²) < 4.78 is 8.00. The van der Waals surface area contributed by atoms with E-state index in [9.17, 15) is 0 Å². The quantitative estimate of drug-likeness (QED) is 0.384. The number of para-hydroxylation sites is 1. The molecule has 0 spiro atoms. The van der Waals surface area contributed by atoms with Crippen LogP contribution in [0, 0.1) is 0 Å². The summed E-state index contributed by atoms with van der Waals surface area (Å²) in [4.78, 5) is 11.0. The van der Waals surface area contributed by atoms with E-state index in [4.69, 9.17) is 10.5 Å². The number of halogens is 2. The molecule has 0 radical (unpaired) electrons. The summed E-state index contributed by atoms with van der Waals surface area (Å²) in [5.74, 6) is 0.471. The van der Waals surface area contributed by atoms with Crippen LogP contribution in [0.25, 0.3) is 21.9 Å². The Kier molecular flexibility index (Phi) is 8.92. The number of anilines is 2. The van der Waals surface area contributed by atoms with Gasteiger partial charge in [-0.3, -0.25) is 0 Å². The zero-order chi connectivity index (χ0) is 20.2. The molecular formula is C23H29Cl2N5O. The summed E-state index contributed by atoms with van der Waals surface area (Å²) in [5.41, 5.74) is 11.3. The van der Waals surface area contributed by atoms with Gasteiger partial charge in [-0.25, -0.2) is 9.97 Å². The van der Waals surface area contributed by atoms with E-state index in [1.807, 2.05) is 24.5 Å². The highest BCUT2D eigenvalue weighted by molar-refractivity contribution is 6.06. The van der Waals surface area contributed by atoms with Crippen LogP contribution in [0.1, 0.15) is 12.0 Å². The lowest BCUT2D eigenvalue weighted by Crippen LogP contribution is -2.09. The number of nitrogen functional groups attached to an aromatic ring is 1. The Morgan fingerprint density at radius 3 is 2.65 bits per heavy atom. The number of aryl methyl sites for hydroxylation is 1. The van der Waals surface area contributed by atoms with Crippen LogP contribution in [0.15, 0.2) is 54.9 Å². The summed E-state index contributed by atoms with van der Waals surface area (Å²) in [6.45, 7) is 2.11. The lowest BCUT2D eigenvalue weighted by molar-refractivity contribution is 0.125. The molecule has 8 heteroatoms. The molecule has 31 heavy (non-hydrogen) atoms. The minimum absolute atomic E-state index is 0. The third-order valence-corrected chi connectivity index (χ3v) is 5.14. The molecular weight excluding hydrogens is 433 g/mol. The molecule has 2 N–H and O–H groups in total. The lowest BCUT2D eigenvalue weighted by atomic mass is 10.1. The average Bonchev–Trinajstić information content (AvgIpc) is 3.16. The van der Waals surface area contributed by atoms with Crippen molar-refractivity contribution in [2.75, 3.05) is 37.9 Å². The molecule has 2 aromatic carbocycles. The monoisotopic (exact) mass is 461 g/mol. The minimum atomic E-state index is 0. The fourth-order valence-electron chi connectivity index (χ4n) is 3.61. The minimum Gasteiger partial charge on any atom is -0.382 e. The number of imidazole rings is 1. The van der Waals surface area contributed by atoms with Crippen molar-refractivity contribution in [1.29, 1.82) is 0 Å². The summed E-state index contributed by atoms with van der Waals surface area (Å²) in [6.07, 6.45) is 3.84. The molecule has 2 heterocycles. The summed E-state index contributed by atoms with van der Waals surface area (Å²) in [7, 11) is 4.13. The van der Waals surface area contributed by atoms with E-state index in [1.165, 1.54) is 11.3 Å². The van der Waals surface area contributed by atoms with Crippen molar-refractivity contribution in [3.63, 3.8) is 0 Å². The number of rotatable bonds is 8. The summed E-state index contributed by atoms with van der Waals surface area (Å²) >= 11 is 0. The van der Waals surface area contributed by atoms with Gasteiger partial charge in [0, 0.05) is 38.3 Å². The SMILES string of the molecule is CN(C)c1cccc(CCCOCCn2cnc3c(N)nc4ccccc4c32)c1.Cl.Cl. The van der Waals surface area contributed by atoms with Crippen LogP contribution in [0.2, 0.25) is 0 Å². The maximum Gasteiger partial charge on any atom is 0.152 e. The van der Waals surface area contributed by atoms with Crippen molar-refractivity contribution in [2.24, 2.45) is 0 Å². The first-order valence-corrected chi connectivity index (χ1v) is 9.96. The zero-order valence-corrected chi connectivity index (χ0v) is 19.5. The molecule has 0 aliphatic heterocycles. The smallest absolute Gasteiger partial charge is 0.152 e. The van der Waals surface area contributed by atoms with E-state index in [2.05, 4.69) is 63.9 Å². The largest absolute Gasteiger partial charge is 0.382 e. The fourth-order valence-corrected chi connectivity index (χ4v) is 3.61. The fraction of sp³-hybridized carbons (Fsp3) is 0.304. The first-order chi connectivity index (χ1) is 14.1. The van der Waals surface area contributed by atoms with Crippen molar-refractivity contribution >= 4 is 58.3 Å². The highest BCUT2D eigenvalue weighted by Crippen LogP contribution is 2.26. The van der Waals surface area contributed by atoms with Gasteiger partial charge in [-0.15, -0.1) is 24.8 Å². The molecule has 0 fully saturated rings. The Balaban J connectivity index is 0.00000171. The summed E-state index contributed by atoms with van der Waals surface area (Å²) in [5, 5.41) is 1.06. The predicted octanol–water partition coefficient (Wildman–Crippen LogP) is 4.73. The standard InChI is InChI=1S/C23H27N5O.2ClH/c1-27(2)18-9-5-7-17(15-18)8-6-13-29-14-12-28-16-25-21-22(28)19-10-3-4-11-20(19)26-23(21)24;;/h3-5,7,9-11,15-16H,6,8,12-14H2,1-2H3,(H2,24,26);2*1H. The second-order valence-electron chi connectivity index (χ2n) is 7.43. The molecule has 4 aromatic rings. The molecule has 4 rings (SSSR count). The Hall–Kier alpha value is -2.54. The van der Waals surface area contributed by atoms with Crippen LogP contribution in [0.3, 0.4) is 0 Å².